The first-order valence-electron chi connectivity index (χ1n) is 4.98. The Balaban J connectivity index is 2.86. The van der Waals surface area contributed by atoms with Crippen LogP contribution in [0, 0.1) is 6.92 Å². The SMILES string of the molecule is CCc1[nH]c2c(C)cccc2c1C(=O)O. The highest BCUT2D eigenvalue weighted by molar-refractivity contribution is 6.05. The summed E-state index contributed by atoms with van der Waals surface area (Å²) in [6.07, 6.45) is 0.704. The molecule has 0 aliphatic rings. The zero-order valence-corrected chi connectivity index (χ0v) is 8.79. The number of aromatic carboxylic acids is 1. The van der Waals surface area contributed by atoms with Crippen LogP contribution in [-0.4, -0.2) is 16.1 Å². The van der Waals surface area contributed by atoms with Crippen molar-refractivity contribution in [3.8, 4) is 0 Å². The molecule has 0 bridgehead atoms. The number of rotatable bonds is 2. The number of H-pyrrole nitrogens is 1. The second-order valence-corrected chi connectivity index (χ2v) is 3.63. The van der Waals surface area contributed by atoms with E-state index in [4.69, 9.17) is 5.11 Å². The number of hydrogen-bond acceptors (Lipinski definition) is 1. The Morgan fingerprint density at radius 3 is 2.80 bits per heavy atom. The van der Waals surface area contributed by atoms with E-state index in [1.165, 1.54) is 0 Å². The molecule has 2 rings (SSSR count). The van der Waals surface area contributed by atoms with Crippen molar-refractivity contribution in [2.75, 3.05) is 0 Å². The molecule has 0 aliphatic carbocycles. The Hall–Kier alpha value is -1.77. The Labute approximate surface area is 87.7 Å². The summed E-state index contributed by atoms with van der Waals surface area (Å²) in [6.45, 7) is 3.93. The number of aromatic nitrogens is 1. The molecule has 15 heavy (non-hydrogen) atoms. The van der Waals surface area contributed by atoms with Gasteiger partial charge in [0.15, 0.2) is 0 Å². The molecule has 1 aromatic carbocycles. The van der Waals surface area contributed by atoms with Crippen LogP contribution in [0.5, 0.6) is 0 Å². The van der Waals surface area contributed by atoms with E-state index < -0.39 is 5.97 Å². The highest BCUT2D eigenvalue weighted by Gasteiger charge is 2.16. The molecule has 0 unspecified atom stereocenters. The molecule has 0 aliphatic heterocycles. The zero-order chi connectivity index (χ0) is 11.0. The molecule has 3 heteroatoms. The summed E-state index contributed by atoms with van der Waals surface area (Å²) in [5.41, 5.74) is 3.23. The van der Waals surface area contributed by atoms with Crippen LogP contribution < -0.4 is 0 Å². The zero-order valence-electron chi connectivity index (χ0n) is 8.79. The van der Waals surface area contributed by atoms with Gasteiger partial charge in [0.1, 0.15) is 0 Å². The topological polar surface area (TPSA) is 53.1 Å². The van der Waals surface area contributed by atoms with Gasteiger partial charge in [0.05, 0.1) is 5.56 Å². The van der Waals surface area contributed by atoms with Crippen molar-refractivity contribution in [1.29, 1.82) is 0 Å². The smallest absolute Gasteiger partial charge is 0.338 e. The molecule has 78 valence electrons. The first-order valence-corrected chi connectivity index (χ1v) is 4.98. The number of benzene rings is 1. The van der Waals surface area contributed by atoms with Gasteiger partial charge in [-0.05, 0) is 18.9 Å². The van der Waals surface area contributed by atoms with Gasteiger partial charge in [-0.2, -0.15) is 0 Å². The predicted octanol–water partition coefficient (Wildman–Crippen LogP) is 2.74. The van der Waals surface area contributed by atoms with E-state index in [0.717, 1.165) is 22.2 Å². The number of carboxylic acids is 1. The molecular formula is C12H13NO2. The highest BCUT2D eigenvalue weighted by Crippen LogP contribution is 2.25. The average Bonchev–Trinajstić information content (AvgIpc) is 2.57. The molecule has 0 radical (unpaired) electrons. The molecule has 0 fully saturated rings. The third-order valence-electron chi connectivity index (χ3n) is 2.69. The molecular weight excluding hydrogens is 190 g/mol. The molecule has 0 amide bonds. The summed E-state index contributed by atoms with van der Waals surface area (Å²) >= 11 is 0. The van der Waals surface area contributed by atoms with Crippen molar-refractivity contribution in [2.24, 2.45) is 0 Å². The summed E-state index contributed by atoms with van der Waals surface area (Å²) in [5.74, 6) is -0.858. The molecule has 0 atom stereocenters. The minimum atomic E-state index is -0.858. The van der Waals surface area contributed by atoms with E-state index in [1.807, 2.05) is 32.0 Å². The number of fused-ring (bicyclic) bond motifs is 1. The van der Waals surface area contributed by atoms with E-state index in [9.17, 15) is 4.79 Å². The van der Waals surface area contributed by atoms with Crippen LogP contribution in [0.3, 0.4) is 0 Å². The van der Waals surface area contributed by atoms with E-state index in [2.05, 4.69) is 4.98 Å². The van der Waals surface area contributed by atoms with E-state index in [1.54, 1.807) is 0 Å². The highest BCUT2D eigenvalue weighted by atomic mass is 16.4. The normalized spacial score (nSPS) is 10.8. The monoisotopic (exact) mass is 203 g/mol. The third-order valence-corrected chi connectivity index (χ3v) is 2.69. The largest absolute Gasteiger partial charge is 0.478 e. The Morgan fingerprint density at radius 2 is 2.20 bits per heavy atom. The van der Waals surface area contributed by atoms with Gasteiger partial charge in [-0.3, -0.25) is 0 Å². The molecule has 2 aromatic rings. The number of carbonyl (C=O) groups is 1. The fraction of sp³-hybridized carbons (Fsp3) is 0.250. The van der Waals surface area contributed by atoms with E-state index in [-0.39, 0.29) is 0 Å². The summed E-state index contributed by atoms with van der Waals surface area (Å²) in [7, 11) is 0. The molecule has 1 aromatic heterocycles. The van der Waals surface area contributed by atoms with Gasteiger partial charge in [-0.1, -0.05) is 25.1 Å². The number of nitrogens with one attached hydrogen (secondary N) is 1. The molecule has 2 N–H and O–H groups in total. The molecule has 0 saturated heterocycles. The second kappa shape index (κ2) is 3.42. The minimum Gasteiger partial charge on any atom is -0.478 e. The van der Waals surface area contributed by atoms with Gasteiger partial charge in [-0.25, -0.2) is 4.79 Å². The van der Waals surface area contributed by atoms with Crippen molar-refractivity contribution < 1.29 is 9.90 Å². The number of carboxylic acid groups (broad SMARTS) is 1. The Kier molecular flexibility index (Phi) is 2.23. The summed E-state index contributed by atoms with van der Waals surface area (Å²) < 4.78 is 0. The summed E-state index contributed by atoms with van der Waals surface area (Å²) in [5, 5.41) is 9.96. The molecule has 0 spiro atoms. The van der Waals surface area contributed by atoms with Crippen LogP contribution in [0.2, 0.25) is 0 Å². The Bertz CT molecular complexity index is 526. The van der Waals surface area contributed by atoms with Crippen molar-refractivity contribution in [3.05, 3.63) is 35.0 Å². The lowest BCUT2D eigenvalue weighted by molar-refractivity contribution is 0.0698. The fourth-order valence-electron chi connectivity index (χ4n) is 1.93. The van der Waals surface area contributed by atoms with E-state index >= 15 is 0 Å². The molecule has 3 nitrogen and oxygen atoms in total. The Morgan fingerprint density at radius 1 is 1.47 bits per heavy atom. The van der Waals surface area contributed by atoms with Crippen LogP contribution in [0.1, 0.15) is 28.5 Å². The van der Waals surface area contributed by atoms with Crippen molar-refractivity contribution >= 4 is 16.9 Å². The lowest BCUT2D eigenvalue weighted by Gasteiger charge is -1.95. The fourth-order valence-corrected chi connectivity index (χ4v) is 1.93. The quantitative estimate of drug-likeness (QED) is 0.788. The maximum absolute atomic E-state index is 11.1. The maximum atomic E-state index is 11.1. The lowest BCUT2D eigenvalue weighted by atomic mass is 10.1. The van der Waals surface area contributed by atoms with Crippen molar-refractivity contribution in [3.63, 3.8) is 0 Å². The van der Waals surface area contributed by atoms with E-state index in [0.29, 0.717) is 12.0 Å². The molecule has 1 heterocycles. The van der Waals surface area contributed by atoms with Gasteiger partial charge < -0.3 is 10.1 Å². The van der Waals surface area contributed by atoms with Crippen molar-refractivity contribution in [2.45, 2.75) is 20.3 Å². The van der Waals surface area contributed by atoms with Gasteiger partial charge in [0.2, 0.25) is 0 Å². The van der Waals surface area contributed by atoms with Crippen LogP contribution >= 0.6 is 0 Å². The first-order chi connectivity index (χ1) is 7.15. The maximum Gasteiger partial charge on any atom is 0.338 e. The second-order valence-electron chi connectivity index (χ2n) is 3.63. The minimum absolute atomic E-state index is 0.413. The first kappa shape index (κ1) is 9.77. The third kappa shape index (κ3) is 1.40. The van der Waals surface area contributed by atoms with Crippen LogP contribution in [0.25, 0.3) is 10.9 Å². The van der Waals surface area contributed by atoms with Gasteiger partial charge in [0, 0.05) is 16.6 Å². The summed E-state index contributed by atoms with van der Waals surface area (Å²) in [4.78, 5) is 14.3. The number of hydrogen-bond donors (Lipinski definition) is 2. The standard InChI is InChI=1S/C12H13NO2/c1-3-9-10(12(14)15)8-6-4-5-7(2)11(8)13-9/h4-6,13H,3H2,1-2H3,(H,14,15). The van der Waals surface area contributed by atoms with Gasteiger partial charge in [-0.15, -0.1) is 0 Å². The summed E-state index contributed by atoms with van der Waals surface area (Å²) in [6, 6.07) is 5.71. The number of para-hydroxylation sites is 1. The lowest BCUT2D eigenvalue weighted by Crippen LogP contribution is -1.99. The van der Waals surface area contributed by atoms with Gasteiger partial charge >= 0.3 is 5.97 Å². The van der Waals surface area contributed by atoms with Crippen molar-refractivity contribution in [1.82, 2.24) is 4.98 Å². The molecule has 0 saturated carbocycles. The van der Waals surface area contributed by atoms with Crippen LogP contribution in [0.4, 0.5) is 0 Å². The number of aryl methyl sites for hydroxylation is 2. The predicted molar refractivity (Wildman–Crippen MR) is 59.4 cm³/mol. The average molecular weight is 203 g/mol. The van der Waals surface area contributed by atoms with Gasteiger partial charge in [0.25, 0.3) is 0 Å². The van der Waals surface area contributed by atoms with Crippen LogP contribution in [-0.2, 0) is 6.42 Å². The number of aromatic amines is 1. The van der Waals surface area contributed by atoms with Crippen LogP contribution in [0.15, 0.2) is 18.2 Å².